The Balaban J connectivity index is 2.34. The molecule has 1 aliphatic rings. The van der Waals surface area contributed by atoms with E-state index in [-0.39, 0.29) is 6.61 Å². The Morgan fingerprint density at radius 1 is 0.810 bits per heavy atom. The Labute approximate surface area is 242 Å². The summed E-state index contributed by atoms with van der Waals surface area (Å²) in [5, 5.41) is 2.36. The predicted molar refractivity (Wildman–Crippen MR) is 138 cm³/mol. The van der Waals surface area contributed by atoms with E-state index in [4.69, 9.17) is 37.9 Å². The fourth-order valence-electron chi connectivity index (χ4n) is 3.98. The van der Waals surface area contributed by atoms with Crippen LogP contribution in [0.5, 0.6) is 0 Å². The molecule has 1 saturated heterocycles. The predicted octanol–water partition coefficient (Wildman–Crippen LogP) is 0.943. The van der Waals surface area contributed by atoms with Gasteiger partial charge in [0.2, 0.25) is 0 Å². The number of hydrogen-bond acceptors (Lipinski definition) is 14. The molecule has 1 amide bonds. The summed E-state index contributed by atoms with van der Waals surface area (Å²) < 4.78 is 42.8. The van der Waals surface area contributed by atoms with Crippen LogP contribution in [-0.4, -0.2) is 92.5 Å². The lowest BCUT2D eigenvalue weighted by Crippen LogP contribution is -2.64. The molecule has 42 heavy (non-hydrogen) atoms. The summed E-state index contributed by atoms with van der Waals surface area (Å²) in [7, 11) is 1.09. The lowest BCUT2D eigenvalue weighted by molar-refractivity contribution is -0.316. The van der Waals surface area contributed by atoms with Gasteiger partial charge in [-0.15, -0.1) is 0 Å². The van der Waals surface area contributed by atoms with Crippen LogP contribution in [0.3, 0.4) is 0 Å². The van der Waals surface area contributed by atoms with Gasteiger partial charge in [-0.3, -0.25) is 19.2 Å². The summed E-state index contributed by atoms with van der Waals surface area (Å²) in [4.78, 5) is 72.6. The van der Waals surface area contributed by atoms with Crippen LogP contribution >= 0.6 is 0 Å². The molecule has 0 spiro atoms. The zero-order valence-electron chi connectivity index (χ0n) is 24.1. The first kappa shape index (κ1) is 34.0. The Morgan fingerprint density at radius 2 is 1.38 bits per heavy atom. The molecule has 0 radical (unpaired) electrons. The largest absolute Gasteiger partial charge is 0.467 e. The van der Waals surface area contributed by atoms with E-state index in [0.29, 0.717) is 5.56 Å². The van der Waals surface area contributed by atoms with E-state index in [9.17, 15) is 28.8 Å². The molecule has 0 aromatic heterocycles. The van der Waals surface area contributed by atoms with Crippen molar-refractivity contribution >= 4 is 35.9 Å². The van der Waals surface area contributed by atoms with Gasteiger partial charge in [-0.2, -0.15) is 0 Å². The summed E-state index contributed by atoms with van der Waals surface area (Å²) in [6.07, 6.45) is -9.47. The maximum atomic E-state index is 12.6. The molecule has 0 aliphatic carbocycles. The molecule has 15 heteroatoms. The Bertz CT molecular complexity index is 1110. The molecular formula is C27H35NO14. The zero-order chi connectivity index (χ0) is 31.4. The third kappa shape index (κ3) is 10.6. The average molecular weight is 598 g/mol. The van der Waals surface area contributed by atoms with E-state index in [1.807, 2.05) is 0 Å². The summed E-state index contributed by atoms with van der Waals surface area (Å²) in [5.74, 6) is -4.07. The van der Waals surface area contributed by atoms with Crippen LogP contribution in [0.4, 0.5) is 4.79 Å². The highest BCUT2D eigenvalue weighted by atomic mass is 16.7. The molecule has 1 N–H and O–H groups in total. The lowest BCUT2D eigenvalue weighted by atomic mass is 9.98. The highest BCUT2D eigenvalue weighted by Gasteiger charge is 2.53. The molecule has 15 nitrogen and oxygen atoms in total. The summed E-state index contributed by atoms with van der Waals surface area (Å²) in [6, 6.07) is 7.34. The van der Waals surface area contributed by atoms with Gasteiger partial charge in [0.25, 0.3) is 0 Å². The molecular weight excluding hydrogens is 562 g/mol. The molecule has 1 aliphatic heterocycles. The van der Waals surface area contributed by atoms with E-state index >= 15 is 0 Å². The van der Waals surface area contributed by atoms with E-state index < -0.39 is 85.4 Å². The number of carbonyl (C=O) groups is 6. The highest BCUT2D eigenvalue weighted by molar-refractivity contribution is 5.81. The smallest absolute Gasteiger partial charge is 0.408 e. The Kier molecular flexibility index (Phi) is 13.2. The molecule has 232 valence electrons. The molecule has 1 aromatic rings. The van der Waals surface area contributed by atoms with Crippen molar-refractivity contribution in [1.29, 1.82) is 0 Å². The first-order chi connectivity index (χ1) is 19.8. The second kappa shape index (κ2) is 16.3. The van der Waals surface area contributed by atoms with Gasteiger partial charge in [0.15, 0.2) is 30.6 Å². The second-order valence-electron chi connectivity index (χ2n) is 9.12. The standard InChI is InChI=1S/C27H35NO14/c1-14(21(25(33)35-6)28-27(34)37-12-19-10-8-7-9-11-19)38-26-24(41-18(5)32)23(40-17(4)31)22(39-16(3)30)20(42-26)13-36-15(2)29/h7-11,14,20-24,26H,12-13H2,1-6H3,(H,28,34). The molecule has 0 saturated carbocycles. The SMILES string of the molecule is COC(=O)C(NC(=O)OCc1ccccc1)C(C)OC1OC(COC(C)=O)C(OC(C)=O)C(OC(C)=O)C1OC(C)=O. The molecule has 7 unspecified atom stereocenters. The van der Waals surface area contributed by atoms with Crippen molar-refractivity contribution in [2.45, 2.75) is 84.1 Å². The van der Waals surface area contributed by atoms with Crippen LogP contribution in [0, 0.1) is 0 Å². The van der Waals surface area contributed by atoms with Gasteiger partial charge in [-0.25, -0.2) is 9.59 Å². The summed E-state index contributed by atoms with van der Waals surface area (Å²) >= 11 is 0. The van der Waals surface area contributed by atoms with E-state index in [2.05, 4.69) is 5.32 Å². The van der Waals surface area contributed by atoms with Crippen LogP contribution in [0.15, 0.2) is 30.3 Å². The number of alkyl carbamates (subject to hydrolysis) is 1. The molecule has 0 bridgehead atoms. The number of amides is 1. The van der Waals surface area contributed by atoms with Crippen molar-refractivity contribution in [3.8, 4) is 0 Å². The number of benzene rings is 1. The van der Waals surface area contributed by atoms with Crippen molar-refractivity contribution in [3.05, 3.63) is 35.9 Å². The van der Waals surface area contributed by atoms with Gasteiger partial charge >= 0.3 is 35.9 Å². The maximum absolute atomic E-state index is 12.6. The monoisotopic (exact) mass is 597 g/mol. The van der Waals surface area contributed by atoms with Crippen LogP contribution < -0.4 is 5.32 Å². The number of methoxy groups -OCH3 is 1. The number of ether oxygens (including phenoxy) is 8. The summed E-state index contributed by atoms with van der Waals surface area (Å²) in [5.41, 5.74) is 0.698. The van der Waals surface area contributed by atoms with E-state index in [1.165, 1.54) is 6.92 Å². The van der Waals surface area contributed by atoms with Crippen LogP contribution in [0.25, 0.3) is 0 Å². The van der Waals surface area contributed by atoms with Gasteiger partial charge in [-0.05, 0) is 12.5 Å². The molecule has 7 atom stereocenters. The van der Waals surface area contributed by atoms with Crippen LogP contribution in [0.1, 0.15) is 40.2 Å². The van der Waals surface area contributed by atoms with Crippen LogP contribution in [0.2, 0.25) is 0 Å². The number of rotatable bonds is 12. The van der Waals surface area contributed by atoms with Crippen LogP contribution in [-0.2, 0) is 68.5 Å². The average Bonchev–Trinajstić information content (AvgIpc) is 2.92. The fraction of sp³-hybridized carbons (Fsp3) is 0.556. The quantitative estimate of drug-likeness (QED) is 0.265. The third-order valence-corrected chi connectivity index (χ3v) is 5.71. The summed E-state index contributed by atoms with van der Waals surface area (Å²) in [6.45, 7) is 5.18. The normalized spacial score (nSPS) is 22.9. The first-order valence-electron chi connectivity index (χ1n) is 12.8. The van der Waals surface area contributed by atoms with Crippen molar-refractivity contribution in [3.63, 3.8) is 0 Å². The van der Waals surface area contributed by atoms with Crippen molar-refractivity contribution in [2.24, 2.45) is 0 Å². The van der Waals surface area contributed by atoms with Gasteiger partial charge in [0.05, 0.1) is 13.2 Å². The molecule has 1 heterocycles. The number of hydrogen-bond donors (Lipinski definition) is 1. The lowest BCUT2D eigenvalue weighted by Gasteiger charge is -2.44. The van der Waals surface area contributed by atoms with E-state index in [0.717, 1.165) is 34.8 Å². The van der Waals surface area contributed by atoms with E-state index in [1.54, 1.807) is 30.3 Å². The van der Waals surface area contributed by atoms with Gasteiger partial charge < -0.3 is 43.2 Å². The number of nitrogens with one attached hydrogen (secondary N) is 1. The number of carbonyl (C=O) groups excluding carboxylic acids is 6. The van der Waals surface area contributed by atoms with Gasteiger partial charge in [0, 0.05) is 27.7 Å². The fourth-order valence-corrected chi connectivity index (χ4v) is 3.98. The number of esters is 5. The Hall–Kier alpha value is -4.24. The van der Waals surface area contributed by atoms with Crippen molar-refractivity contribution in [2.75, 3.05) is 13.7 Å². The molecule has 2 rings (SSSR count). The molecule has 1 fully saturated rings. The zero-order valence-corrected chi connectivity index (χ0v) is 24.1. The minimum absolute atomic E-state index is 0.0878. The molecule has 1 aromatic carbocycles. The van der Waals surface area contributed by atoms with Gasteiger partial charge in [0.1, 0.15) is 19.3 Å². The highest BCUT2D eigenvalue weighted by Crippen LogP contribution is 2.31. The first-order valence-corrected chi connectivity index (χ1v) is 12.8. The topological polar surface area (TPSA) is 188 Å². The minimum Gasteiger partial charge on any atom is -0.467 e. The maximum Gasteiger partial charge on any atom is 0.408 e. The van der Waals surface area contributed by atoms with Crippen molar-refractivity contribution in [1.82, 2.24) is 5.32 Å². The van der Waals surface area contributed by atoms with Crippen molar-refractivity contribution < 1.29 is 66.7 Å². The minimum atomic E-state index is -1.59. The second-order valence-corrected chi connectivity index (χ2v) is 9.12. The Morgan fingerprint density at radius 3 is 1.93 bits per heavy atom. The van der Waals surface area contributed by atoms with Gasteiger partial charge in [-0.1, -0.05) is 30.3 Å². The third-order valence-electron chi connectivity index (χ3n) is 5.71.